The van der Waals surface area contributed by atoms with Gasteiger partial charge in [-0.15, -0.1) is 11.3 Å². The second-order valence-electron chi connectivity index (χ2n) is 3.10. The van der Waals surface area contributed by atoms with E-state index in [2.05, 4.69) is 4.98 Å². The topological polar surface area (TPSA) is 34.9 Å². The molecule has 0 aliphatic carbocycles. The number of aryl methyl sites for hydroxylation is 2. The Bertz CT molecular complexity index is 524. The van der Waals surface area contributed by atoms with Gasteiger partial charge in [0.1, 0.15) is 10.7 Å². The minimum atomic E-state index is 0.0480. The lowest BCUT2D eigenvalue weighted by Gasteiger charge is -2.00. The third kappa shape index (κ3) is 1.18. The first-order valence-corrected chi connectivity index (χ1v) is 4.85. The van der Waals surface area contributed by atoms with E-state index in [4.69, 9.17) is 0 Å². The van der Waals surface area contributed by atoms with Gasteiger partial charge >= 0.3 is 0 Å². The van der Waals surface area contributed by atoms with Gasteiger partial charge in [-0.1, -0.05) is 0 Å². The molecule has 2 rings (SSSR count). The SMILES string of the molecule is Cc1cc2c(=O)n(C)c(C)nc2s1. The summed E-state index contributed by atoms with van der Waals surface area (Å²) < 4.78 is 1.58. The van der Waals surface area contributed by atoms with E-state index in [0.717, 1.165) is 20.9 Å². The molecule has 2 aromatic rings. The van der Waals surface area contributed by atoms with Crippen LogP contribution in [0.2, 0.25) is 0 Å². The molecule has 0 aliphatic heterocycles. The molecule has 4 heteroatoms. The van der Waals surface area contributed by atoms with Gasteiger partial charge in [0.2, 0.25) is 0 Å². The van der Waals surface area contributed by atoms with Crippen molar-refractivity contribution >= 4 is 21.6 Å². The number of hydrogen-bond donors (Lipinski definition) is 0. The van der Waals surface area contributed by atoms with Gasteiger partial charge in [0.15, 0.2) is 0 Å². The molecular formula is C9H10N2OS. The highest BCUT2D eigenvalue weighted by atomic mass is 32.1. The average Bonchev–Trinajstić information content (AvgIpc) is 2.42. The zero-order valence-electron chi connectivity index (χ0n) is 7.79. The summed E-state index contributed by atoms with van der Waals surface area (Å²) in [6.45, 7) is 3.83. The van der Waals surface area contributed by atoms with Crippen molar-refractivity contribution < 1.29 is 0 Å². The maximum Gasteiger partial charge on any atom is 0.262 e. The summed E-state index contributed by atoms with van der Waals surface area (Å²) in [4.78, 5) is 18.0. The first-order valence-electron chi connectivity index (χ1n) is 4.03. The van der Waals surface area contributed by atoms with E-state index < -0.39 is 0 Å². The van der Waals surface area contributed by atoms with E-state index in [1.165, 1.54) is 0 Å². The Hall–Kier alpha value is -1.16. The van der Waals surface area contributed by atoms with Crippen molar-refractivity contribution in [2.75, 3.05) is 0 Å². The fourth-order valence-electron chi connectivity index (χ4n) is 1.29. The Morgan fingerprint density at radius 1 is 1.46 bits per heavy atom. The molecule has 0 amide bonds. The van der Waals surface area contributed by atoms with Gasteiger partial charge in [-0.2, -0.15) is 0 Å². The highest BCUT2D eigenvalue weighted by molar-refractivity contribution is 7.18. The summed E-state index contributed by atoms with van der Waals surface area (Å²) >= 11 is 1.56. The van der Waals surface area contributed by atoms with Crippen LogP contribution in [0.25, 0.3) is 10.2 Å². The smallest absolute Gasteiger partial charge is 0.262 e. The lowest BCUT2D eigenvalue weighted by Crippen LogP contribution is -2.19. The van der Waals surface area contributed by atoms with Crippen LogP contribution in [0, 0.1) is 13.8 Å². The van der Waals surface area contributed by atoms with Crippen LogP contribution in [0.15, 0.2) is 10.9 Å². The van der Waals surface area contributed by atoms with Crippen molar-refractivity contribution in [2.45, 2.75) is 13.8 Å². The maximum absolute atomic E-state index is 11.7. The summed E-state index contributed by atoms with van der Waals surface area (Å²) in [5, 5.41) is 0.732. The van der Waals surface area contributed by atoms with Crippen molar-refractivity contribution in [1.29, 1.82) is 0 Å². The second-order valence-corrected chi connectivity index (χ2v) is 4.33. The van der Waals surface area contributed by atoms with Crippen molar-refractivity contribution in [1.82, 2.24) is 9.55 Å². The van der Waals surface area contributed by atoms with Crippen LogP contribution in [0.3, 0.4) is 0 Å². The Morgan fingerprint density at radius 2 is 2.15 bits per heavy atom. The van der Waals surface area contributed by atoms with Crippen LogP contribution in [0.1, 0.15) is 10.7 Å². The lowest BCUT2D eigenvalue weighted by atomic mass is 10.3. The summed E-state index contributed by atoms with van der Waals surface area (Å²) in [5.41, 5.74) is 0.0480. The van der Waals surface area contributed by atoms with Crippen LogP contribution in [0.4, 0.5) is 0 Å². The predicted molar refractivity (Wildman–Crippen MR) is 54.3 cm³/mol. The van der Waals surface area contributed by atoms with Gasteiger partial charge in [0.05, 0.1) is 5.39 Å². The van der Waals surface area contributed by atoms with E-state index in [0.29, 0.717) is 0 Å². The van der Waals surface area contributed by atoms with E-state index >= 15 is 0 Å². The third-order valence-electron chi connectivity index (χ3n) is 2.12. The zero-order chi connectivity index (χ0) is 9.59. The number of thiophene rings is 1. The Balaban J connectivity index is 3.01. The van der Waals surface area contributed by atoms with Crippen LogP contribution in [0.5, 0.6) is 0 Å². The van der Waals surface area contributed by atoms with E-state index in [1.807, 2.05) is 19.9 Å². The van der Waals surface area contributed by atoms with Gasteiger partial charge in [0.25, 0.3) is 5.56 Å². The zero-order valence-corrected chi connectivity index (χ0v) is 8.60. The molecule has 0 saturated heterocycles. The Morgan fingerprint density at radius 3 is 2.85 bits per heavy atom. The number of hydrogen-bond acceptors (Lipinski definition) is 3. The molecule has 0 radical (unpaired) electrons. The van der Waals surface area contributed by atoms with Crippen LogP contribution in [-0.4, -0.2) is 9.55 Å². The van der Waals surface area contributed by atoms with Crippen molar-refractivity contribution in [3.63, 3.8) is 0 Å². The molecule has 0 spiro atoms. The number of fused-ring (bicyclic) bond motifs is 1. The molecule has 0 atom stereocenters. The van der Waals surface area contributed by atoms with Crippen LogP contribution < -0.4 is 5.56 Å². The van der Waals surface area contributed by atoms with Gasteiger partial charge in [-0.05, 0) is 19.9 Å². The van der Waals surface area contributed by atoms with Crippen LogP contribution >= 0.6 is 11.3 Å². The number of aromatic nitrogens is 2. The minimum Gasteiger partial charge on any atom is -0.299 e. The standard InChI is InChI=1S/C9H10N2OS/c1-5-4-7-8(13-5)10-6(2)11(3)9(7)12/h4H,1-3H3. The molecule has 0 fully saturated rings. The molecule has 0 aromatic carbocycles. The van der Waals surface area contributed by atoms with Crippen molar-refractivity contribution in [3.8, 4) is 0 Å². The van der Waals surface area contributed by atoms with Crippen LogP contribution in [-0.2, 0) is 7.05 Å². The summed E-state index contributed by atoms with van der Waals surface area (Å²) in [6.07, 6.45) is 0. The van der Waals surface area contributed by atoms with Gasteiger partial charge in [-0.25, -0.2) is 4.98 Å². The highest BCUT2D eigenvalue weighted by Gasteiger charge is 2.07. The first-order chi connectivity index (χ1) is 6.09. The van der Waals surface area contributed by atoms with E-state index in [9.17, 15) is 4.79 Å². The largest absolute Gasteiger partial charge is 0.299 e. The van der Waals surface area contributed by atoms with Gasteiger partial charge in [0, 0.05) is 11.9 Å². The molecule has 2 aromatic heterocycles. The van der Waals surface area contributed by atoms with E-state index in [1.54, 1.807) is 23.0 Å². The fraction of sp³-hybridized carbons (Fsp3) is 0.333. The number of rotatable bonds is 0. The molecule has 13 heavy (non-hydrogen) atoms. The van der Waals surface area contributed by atoms with Crippen molar-refractivity contribution in [2.24, 2.45) is 7.05 Å². The monoisotopic (exact) mass is 194 g/mol. The van der Waals surface area contributed by atoms with Gasteiger partial charge in [-0.3, -0.25) is 9.36 Å². The summed E-state index contributed by atoms with van der Waals surface area (Å²) in [5.74, 6) is 0.763. The predicted octanol–water partition coefficient (Wildman–Crippen LogP) is 1.61. The lowest BCUT2D eigenvalue weighted by molar-refractivity contribution is 0.794. The first kappa shape index (κ1) is 8.44. The quantitative estimate of drug-likeness (QED) is 0.638. The number of nitrogens with zero attached hydrogens (tertiary/aromatic N) is 2. The third-order valence-corrected chi connectivity index (χ3v) is 3.06. The highest BCUT2D eigenvalue weighted by Crippen LogP contribution is 2.19. The Labute approximate surface area is 79.7 Å². The molecule has 68 valence electrons. The second kappa shape index (κ2) is 2.67. The van der Waals surface area contributed by atoms with Crippen molar-refractivity contribution in [3.05, 3.63) is 27.1 Å². The molecule has 0 saturated carbocycles. The normalized spacial score (nSPS) is 11.0. The molecule has 2 heterocycles. The maximum atomic E-state index is 11.7. The van der Waals surface area contributed by atoms with E-state index in [-0.39, 0.29) is 5.56 Å². The Kier molecular flexibility index (Phi) is 1.73. The molecule has 0 N–H and O–H groups in total. The fourth-order valence-corrected chi connectivity index (χ4v) is 2.20. The molecular weight excluding hydrogens is 184 g/mol. The minimum absolute atomic E-state index is 0.0480. The summed E-state index contributed by atoms with van der Waals surface area (Å²) in [7, 11) is 1.75. The van der Waals surface area contributed by atoms with Gasteiger partial charge < -0.3 is 0 Å². The summed E-state index contributed by atoms with van der Waals surface area (Å²) in [6, 6.07) is 1.90. The molecule has 0 aliphatic rings. The molecule has 0 unspecified atom stereocenters. The average molecular weight is 194 g/mol. The molecule has 3 nitrogen and oxygen atoms in total. The molecule has 0 bridgehead atoms.